The Bertz CT molecular complexity index is 2450. The lowest BCUT2D eigenvalue weighted by Gasteiger charge is -2.32. The molecule has 5 atom stereocenters. The van der Waals surface area contributed by atoms with Gasteiger partial charge in [-0.3, -0.25) is 33.6 Å². The molecule has 10 N–H and O–H groups in total. The summed E-state index contributed by atoms with van der Waals surface area (Å²) in [4.78, 5) is 97.7. The molecular weight excluding hydrogens is 856 g/mol. The number of phenolic OH excluding ortho intramolecular Hbond substituents is 2. The maximum Gasteiger partial charge on any atom is 0.251 e. The Morgan fingerprint density at radius 3 is 2.18 bits per heavy atom. The molecule has 65 heavy (non-hydrogen) atoms. The van der Waals surface area contributed by atoms with Crippen LogP contribution in [0.4, 0.5) is 0 Å². The topological polar surface area (TPSA) is 267 Å². The molecule has 342 valence electrons. The summed E-state index contributed by atoms with van der Waals surface area (Å²) in [6.07, 6.45) is 2.00. The molecule has 7 amide bonds. The first kappa shape index (κ1) is 47.5. The Balaban J connectivity index is 1.29. The lowest BCUT2D eigenvalue weighted by Crippen LogP contribution is -2.56. The molecule has 4 bridgehead atoms. The molecule has 2 aliphatic heterocycles. The number of aromatic hydroxyl groups is 2. The van der Waals surface area contributed by atoms with E-state index in [0.29, 0.717) is 42.8 Å². The molecule has 4 aromatic carbocycles. The third-order valence-electron chi connectivity index (χ3n) is 11.7. The van der Waals surface area contributed by atoms with Crippen molar-refractivity contribution in [2.45, 2.75) is 75.7 Å². The zero-order valence-corrected chi connectivity index (χ0v) is 36.8. The summed E-state index contributed by atoms with van der Waals surface area (Å²) in [7, 11) is 1.38. The normalized spacial score (nSPS) is 18.9. The zero-order valence-electron chi connectivity index (χ0n) is 36.0. The molecule has 0 saturated carbocycles. The van der Waals surface area contributed by atoms with Crippen molar-refractivity contribution >= 4 is 53.0 Å². The average molecular weight is 909 g/mol. The number of nitrogens with zero attached hydrogens (tertiary/aromatic N) is 2. The van der Waals surface area contributed by atoms with Crippen molar-refractivity contribution in [2.24, 2.45) is 11.5 Å². The van der Waals surface area contributed by atoms with Crippen LogP contribution < -0.4 is 32.7 Å². The number of primary amides is 1. The van der Waals surface area contributed by atoms with Gasteiger partial charge in [0.1, 0.15) is 41.7 Å². The van der Waals surface area contributed by atoms with Crippen LogP contribution in [0, 0.1) is 0 Å². The predicted molar refractivity (Wildman–Crippen MR) is 242 cm³/mol. The zero-order chi connectivity index (χ0) is 46.9. The first-order chi connectivity index (χ1) is 31.1. The first-order valence-electron chi connectivity index (χ1n) is 21.3. The fourth-order valence-electron chi connectivity index (χ4n) is 8.09. The molecular formula is C47H53ClN8O9. The Labute approximate surface area is 380 Å². The van der Waals surface area contributed by atoms with Crippen molar-refractivity contribution in [3.05, 3.63) is 107 Å². The van der Waals surface area contributed by atoms with Gasteiger partial charge in [0.25, 0.3) is 5.91 Å². The molecule has 17 nitrogen and oxygen atoms in total. The number of carbonyl (C=O) groups is 7. The van der Waals surface area contributed by atoms with Crippen molar-refractivity contribution in [3.63, 3.8) is 0 Å². The Morgan fingerprint density at radius 1 is 0.877 bits per heavy atom. The number of hydrogen-bond acceptors (Lipinski definition) is 10. The lowest BCUT2D eigenvalue weighted by atomic mass is 9.93. The molecule has 1 saturated heterocycles. The van der Waals surface area contributed by atoms with Gasteiger partial charge in [-0.2, -0.15) is 0 Å². The minimum atomic E-state index is -1.46. The quantitative estimate of drug-likeness (QED) is 0.0910. The molecule has 1 fully saturated rings. The molecule has 18 heteroatoms. The van der Waals surface area contributed by atoms with Crippen LogP contribution in [0.2, 0.25) is 5.02 Å². The number of halogens is 1. The van der Waals surface area contributed by atoms with E-state index in [9.17, 15) is 43.8 Å². The number of hydrogen-bond donors (Lipinski definition) is 8. The molecule has 0 radical (unpaired) electrons. The second-order valence-corrected chi connectivity index (χ2v) is 16.7. The standard InChI is InChI=1S/C47H53ClN8O9/c1-26-43(61)54-36(45(63)51-25-40(59)56-21-5-7-37(56)42(50)60)23-27-8-18-38(57)33(22-27)34-24-31(15-19-39(34)58)41(46(64)52-26)55(2)47(65)35(6-3-4-20-49)53-44(62)30-11-9-28(10-12-30)29-13-16-32(48)17-14-29/h8-19,22,24,26,35-37,41,57-58H,3-7,20-21,23,25,49H2,1-2H3,(H2,50,60)(H,51,63)(H,52,64)(H,53,62)(H,54,61)/t26-,35-,36-,37-,41-/m0/s1. The van der Waals surface area contributed by atoms with E-state index in [1.807, 2.05) is 12.1 Å². The molecule has 0 spiro atoms. The number of likely N-dealkylation sites (tertiary alicyclic amines) is 1. The molecule has 2 heterocycles. The first-order valence-corrected chi connectivity index (χ1v) is 21.7. The number of nitrogens with two attached hydrogens (primary N) is 2. The highest BCUT2D eigenvalue weighted by Crippen LogP contribution is 2.39. The molecule has 4 aromatic rings. The molecule has 2 aliphatic rings. The summed E-state index contributed by atoms with van der Waals surface area (Å²) in [5, 5.41) is 33.5. The summed E-state index contributed by atoms with van der Waals surface area (Å²) in [6, 6.07) is 16.6. The van der Waals surface area contributed by atoms with Gasteiger partial charge in [0, 0.05) is 41.7 Å². The smallest absolute Gasteiger partial charge is 0.251 e. The average Bonchev–Trinajstić information content (AvgIpc) is 3.80. The van der Waals surface area contributed by atoms with Gasteiger partial charge in [0.05, 0.1) is 6.54 Å². The van der Waals surface area contributed by atoms with Gasteiger partial charge in [-0.15, -0.1) is 0 Å². The number of nitrogens with one attached hydrogen (secondary N) is 4. The van der Waals surface area contributed by atoms with Crippen LogP contribution in [-0.2, 0) is 35.2 Å². The summed E-state index contributed by atoms with van der Waals surface area (Å²) < 4.78 is 0. The van der Waals surface area contributed by atoms with E-state index in [0.717, 1.165) is 16.0 Å². The fraction of sp³-hybridized carbons (Fsp3) is 0.340. The predicted octanol–water partition coefficient (Wildman–Crippen LogP) is 2.65. The van der Waals surface area contributed by atoms with Gasteiger partial charge in [-0.1, -0.05) is 48.0 Å². The molecule has 0 aliphatic carbocycles. The highest BCUT2D eigenvalue weighted by Gasteiger charge is 2.37. The minimum Gasteiger partial charge on any atom is -0.507 e. The van der Waals surface area contributed by atoms with Crippen molar-refractivity contribution < 1.29 is 43.8 Å². The second-order valence-electron chi connectivity index (χ2n) is 16.2. The lowest BCUT2D eigenvalue weighted by molar-refractivity contribution is -0.141. The Morgan fingerprint density at radius 2 is 1.52 bits per heavy atom. The van der Waals surface area contributed by atoms with Gasteiger partial charge < -0.3 is 52.7 Å². The largest absolute Gasteiger partial charge is 0.507 e. The van der Waals surface area contributed by atoms with Crippen molar-refractivity contribution in [2.75, 3.05) is 26.7 Å². The van der Waals surface area contributed by atoms with Crippen LogP contribution in [0.15, 0.2) is 84.9 Å². The van der Waals surface area contributed by atoms with Gasteiger partial charge >= 0.3 is 0 Å². The van der Waals surface area contributed by atoms with E-state index in [4.69, 9.17) is 23.1 Å². The number of likely N-dealkylation sites (N-methyl/N-ethyl adjacent to an activating group) is 1. The number of amides is 7. The van der Waals surface area contributed by atoms with Crippen molar-refractivity contribution in [3.8, 4) is 33.8 Å². The van der Waals surface area contributed by atoms with Crippen LogP contribution in [0.5, 0.6) is 11.5 Å². The van der Waals surface area contributed by atoms with Crippen LogP contribution in [0.3, 0.4) is 0 Å². The Kier molecular flexibility index (Phi) is 15.4. The van der Waals surface area contributed by atoms with Gasteiger partial charge in [0.2, 0.25) is 35.4 Å². The third-order valence-corrected chi connectivity index (χ3v) is 11.9. The van der Waals surface area contributed by atoms with Gasteiger partial charge in [0.15, 0.2) is 0 Å². The summed E-state index contributed by atoms with van der Waals surface area (Å²) >= 11 is 6.05. The van der Waals surface area contributed by atoms with Gasteiger partial charge in [-0.25, -0.2) is 0 Å². The number of phenols is 2. The van der Waals surface area contributed by atoms with Gasteiger partial charge in [-0.05, 0) is 116 Å². The Hall–Kier alpha value is -6.98. The van der Waals surface area contributed by atoms with E-state index >= 15 is 0 Å². The van der Waals surface area contributed by atoms with Crippen LogP contribution in [0.1, 0.15) is 66.6 Å². The molecule has 0 aromatic heterocycles. The minimum absolute atomic E-state index is 0.0886. The van der Waals surface area contributed by atoms with E-state index in [-0.39, 0.29) is 53.1 Å². The maximum atomic E-state index is 14.6. The summed E-state index contributed by atoms with van der Waals surface area (Å²) in [5.41, 5.74) is 14.1. The third kappa shape index (κ3) is 11.4. The monoisotopic (exact) mass is 908 g/mol. The van der Waals surface area contributed by atoms with Crippen LogP contribution >= 0.6 is 11.6 Å². The van der Waals surface area contributed by atoms with E-state index in [1.165, 1.54) is 55.3 Å². The summed E-state index contributed by atoms with van der Waals surface area (Å²) in [5.74, 6) is -5.26. The second kappa shape index (κ2) is 21.1. The summed E-state index contributed by atoms with van der Waals surface area (Å²) in [6.45, 7) is 1.52. The number of unbranched alkanes of at least 4 members (excludes halogenated alkanes) is 1. The van der Waals surface area contributed by atoms with Crippen LogP contribution in [0.25, 0.3) is 22.3 Å². The number of rotatable bonds is 13. The number of fused-ring (bicyclic) bond motifs is 5. The maximum absolute atomic E-state index is 14.6. The number of carbonyl (C=O) groups excluding carboxylic acids is 7. The van der Waals surface area contributed by atoms with E-state index < -0.39 is 78.1 Å². The van der Waals surface area contributed by atoms with Crippen LogP contribution in [-0.4, -0.2) is 112 Å². The van der Waals surface area contributed by atoms with E-state index in [1.54, 1.807) is 36.4 Å². The SMILES string of the molecule is C[C@@H]1NC(=O)[C@@H](N(C)C(=O)[C@H](CCCCN)NC(=O)c2ccc(-c3ccc(Cl)cc3)cc2)c2ccc(O)c(c2)-c2cc(ccc2O)C[C@@H](C(=O)NCC(=O)N2CCC[C@H]2C(N)=O)NC1=O. The molecule has 0 unspecified atom stereocenters. The van der Waals surface area contributed by atoms with E-state index in [2.05, 4.69) is 21.3 Å². The number of benzene rings is 4. The highest BCUT2D eigenvalue weighted by molar-refractivity contribution is 6.30. The van der Waals surface area contributed by atoms with Crippen molar-refractivity contribution in [1.82, 2.24) is 31.1 Å². The fourth-order valence-corrected chi connectivity index (χ4v) is 8.21. The van der Waals surface area contributed by atoms with Crippen molar-refractivity contribution in [1.29, 1.82) is 0 Å². The molecule has 6 rings (SSSR count). The highest BCUT2D eigenvalue weighted by atomic mass is 35.5.